The van der Waals surface area contributed by atoms with Crippen LogP contribution >= 0.6 is 0 Å². The molecule has 0 aromatic rings. The zero-order valence-electron chi connectivity index (χ0n) is 15.8. The monoisotopic (exact) mass is 369 g/mol. The number of hydrogen-bond donors (Lipinski definition) is 2. The van der Waals surface area contributed by atoms with Crippen LogP contribution in [0.3, 0.4) is 0 Å². The molecule has 2 N–H and O–H groups in total. The van der Waals surface area contributed by atoms with Gasteiger partial charge in [0.25, 0.3) is 0 Å². The van der Waals surface area contributed by atoms with Crippen molar-refractivity contribution >= 4 is 12.0 Å². The van der Waals surface area contributed by atoms with Crippen LogP contribution in [0.1, 0.15) is 39.5 Å². The van der Waals surface area contributed by atoms with Gasteiger partial charge in [-0.3, -0.25) is 9.69 Å². The van der Waals surface area contributed by atoms with Gasteiger partial charge in [-0.05, 0) is 39.2 Å². The third-order valence-corrected chi connectivity index (χ3v) is 5.68. The molecule has 8 nitrogen and oxygen atoms in total. The highest BCUT2D eigenvalue weighted by molar-refractivity contribution is 5.75. The first-order valence-electron chi connectivity index (χ1n) is 9.67. The minimum absolute atomic E-state index is 0.00325. The molecule has 2 unspecified atom stereocenters. The topological polar surface area (TPSA) is 91.3 Å². The Bertz CT molecular complexity index is 517. The highest BCUT2D eigenvalue weighted by Crippen LogP contribution is 2.31. The molecule has 1 spiro atoms. The number of urea groups is 1. The van der Waals surface area contributed by atoms with Gasteiger partial charge in [0.15, 0.2) is 0 Å². The average Bonchev–Trinajstić information content (AvgIpc) is 2.55. The highest BCUT2D eigenvalue weighted by atomic mass is 16.6. The van der Waals surface area contributed by atoms with Crippen LogP contribution in [-0.4, -0.2) is 90.1 Å². The van der Waals surface area contributed by atoms with E-state index in [0.29, 0.717) is 26.2 Å². The van der Waals surface area contributed by atoms with Gasteiger partial charge in [0.2, 0.25) is 0 Å². The fourth-order valence-corrected chi connectivity index (χ4v) is 4.37. The second-order valence-electron chi connectivity index (χ2n) is 7.88. The van der Waals surface area contributed by atoms with Gasteiger partial charge in [-0.15, -0.1) is 0 Å². The van der Waals surface area contributed by atoms with Gasteiger partial charge in [-0.2, -0.15) is 0 Å². The fourth-order valence-electron chi connectivity index (χ4n) is 4.37. The van der Waals surface area contributed by atoms with E-state index >= 15 is 0 Å². The molecule has 2 amide bonds. The van der Waals surface area contributed by atoms with Crippen LogP contribution in [0.4, 0.5) is 4.79 Å². The Hall–Kier alpha value is -1.38. The first kappa shape index (κ1) is 19.4. The molecule has 3 rings (SSSR count). The summed E-state index contributed by atoms with van der Waals surface area (Å²) >= 11 is 0. The number of amides is 2. The summed E-state index contributed by atoms with van der Waals surface area (Å²) in [6.45, 7) is 7.21. The van der Waals surface area contributed by atoms with Gasteiger partial charge < -0.3 is 24.8 Å². The Morgan fingerprint density at radius 1 is 1.38 bits per heavy atom. The lowest BCUT2D eigenvalue weighted by molar-refractivity contribution is -0.188. The van der Waals surface area contributed by atoms with Crippen LogP contribution in [0.25, 0.3) is 0 Å². The van der Waals surface area contributed by atoms with Crippen LogP contribution in [0.5, 0.6) is 0 Å². The SMILES string of the molecule is CCN(CC(=O)O)C1CC(NC(=O)N2CC(C)OC3(CCCOC3)C2)C1. The Balaban J connectivity index is 1.48. The number of nitrogens with one attached hydrogen (secondary N) is 1. The van der Waals surface area contributed by atoms with E-state index < -0.39 is 5.97 Å². The van der Waals surface area contributed by atoms with Crippen LogP contribution in [0.2, 0.25) is 0 Å². The lowest BCUT2D eigenvalue weighted by Gasteiger charge is -2.48. The molecule has 0 bridgehead atoms. The Kier molecular flexibility index (Phi) is 6.04. The summed E-state index contributed by atoms with van der Waals surface area (Å²) in [4.78, 5) is 27.4. The molecule has 2 saturated heterocycles. The third kappa shape index (κ3) is 4.47. The van der Waals surface area contributed by atoms with E-state index in [1.807, 2.05) is 23.6 Å². The third-order valence-electron chi connectivity index (χ3n) is 5.68. The smallest absolute Gasteiger partial charge is 0.317 e. The van der Waals surface area contributed by atoms with Crippen molar-refractivity contribution < 1.29 is 24.2 Å². The number of likely N-dealkylation sites (N-methyl/N-ethyl adjacent to an activating group) is 1. The Morgan fingerprint density at radius 2 is 2.15 bits per heavy atom. The molecule has 2 atom stereocenters. The molecule has 8 heteroatoms. The van der Waals surface area contributed by atoms with Crippen LogP contribution in [0, 0.1) is 0 Å². The quantitative estimate of drug-likeness (QED) is 0.748. The second-order valence-corrected chi connectivity index (χ2v) is 7.88. The molecule has 1 aliphatic carbocycles. The molecule has 0 radical (unpaired) electrons. The molecular weight excluding hydrogens is 338 g/mol. The van der Waals surface area contributed by atoms with E-state index in [-0.39, 0.29) is 36.4 Å². The summed E-state index contributed by atoms with van der Waals surface area (Å²) < 4.78 is 11.7. The first-order valence-corrected chi connectivity index (χ1v) is 9.67. The molecule has 3 aliphatic rings. The normalized spacial score (nSPS) is 34.6. The van der Waals surface area contributed by atoms with Gasteiger partial charge in [0, 0.05) is 25.2 Å². The van der Waals surface area contributed by atoms with Gasteiger partial charge >= 0.3 is 12.0 Å². The van der Waals surface area contributed by atoms with Crippen molar-refractivity contribution in [2.24, 2.45) is 0 Å². The number of carboxylic acids is 1. The number of hydrogen-bond acceptors (Lipinski definition) is 5. The van der Waals surface area contributed by atoms with Crippen LogP contribution in [0.15, 0.2) is 0 Å². The number of ether oxygens (including phenoxy) is 2. The number of rotatable bonds is 5. The summed E-state index contributed by atoms with van der Waals surface area (Å²) in [6, 6.07) is 0.310. The highest BCUT2D eigenvalue weighted by Gasteiger charge is 2.43. The second kappa shape index (κ2) is 8.10. The minimum atomic E-state index is -0.804. The van der Waals surface area contributed by atoms with Gasteiger partial charge in [-0.1, -0.05) is 6.92 Å². The molecule has 148 valence electrons. The van der Waals surface area contributed by atoms with E-state index in [4.69, 9.17) is 14.6 Å². The summed E-state index contributed by atoms with van der Waals surface area (Å²) in [5.74, 6) is -0.804. The number of nitrogens with zero attached hydrogens (tertiary/aromatic N) is 2. The maximum Gasteiger partial charge on any atom is 0.317 e. The molecule has 3 fully saturated rings. The Morgan fingerprint density at radius 3 is 2.77 bits per heavy atom. The molecule has 0 aromatic carbocycles. The number of carbonyl (C=O) groups is 2. The molecule has 2 heterocycles. The standard InChI is InChI=1S/C18H31N3O5/c1-3-20(10-16(22)23)15-7-14(8-15)19-17(24)21-9-13(2)26-18(11-21)5-4-6-25-12-18/h13-15H,3-12H2,1-2H3,(H,19,24)(H,22,23). The lowest BCUT2D eigenvalue weighted by atomic mass is 9.85. The zero-order chi connectivity index (χ0) is 18.7. The van der Waals surface area contributed by atoms with Crippen molar-refractivity contribution in [3.63, 3.8) is 0 Å². The van der Waals surface area contributed by atoms with E-state index in [1.165, 1.54) is 0 Å². The maximum atomic E-state index is 12.7. The van der Waals surface area contributed by atoms with Crippen molar-refractivity contribution in [2.75, 3.05) is 39.4 Å². The molecule has 0 aromatic heterocycles. The number of carboxylic acid groups (broad SMARTS) is 1. The lowest BCUT2D eigenvalue weighted by Crippen LogP contribution is -2.63. The number of morpholine rings is 1. The molecule has 2 aliphatic heterocycles. The van der Waals surface area contributed by atoms with E-state index in [2.05, 4.69) is 5.32 Å². The minimum Gasteiger partial charge on any atom is -0.480 e. The summed E-state index contributed by atoms with van der Waals surface area (Å²) in [7, 11) is 0. The molecular formula is C18H31N3O5. The maximum absolute atomic E-state index is 12.7. The van der Waals surface area contributed by atoms with Gasteiger partial charge in [-0.25, -0.2) is 4.79 Å². The summed E-state index contributed by atoms with van der Waals surface area (Å²) in [5.41, 5.74) is -0.365. The van der Waals surface area contributed by atoms with Crippen molar-refractivity contribution in [3.05, 3.63) is 0 Å². The predicted molar refractivity (Wildman–Crippen MR) is 95.1 cm³/mol. The van der Waals surface area contributed by atoms with Crippen molar-refractivity contribution in [3.8, 4) is 0 Å². The fraction of sp³-hybridized carbons (Fsp3) is 0.889. The number of aliphatic carboxylic acids is 1. The summed E-state index contributed by atoms with van der Waals surface area (Å²) in [5, 5.41) is 12.1. The first-order chi connectivity index (χ1) is 12.4. The van der Waals surface area contributed by atoms with Crippen LogP contribution < -0.4 is 5.32 Å². The van der Waals surface area contributed by atoms with E-state index in [1.54, 1.807) is 0 Å². The van der Waals surface area contributed by atoms with E-state index in [9.17, 15) is 9.59 Å². The number of carbonyl (C=O) groups excluding carboxylic acids is 1. The van der Waals surface area contributed by atoms with Gasteiger partial charge in [0.1, 0.15) is 5.60 Å². The largest absolute Gasteiger partial charge is 0.480 e. The zero-order valence-corrected chi connectivity index (χ0v) is 15.8. The molecule has 1 saturated carbocycles. The van der Waals surface area contributed by atoms with Crippen LogP contribution in [-0.2, 0) is 14.3 Å². The average molecular weight is 369 g/mol. The van der Waals surface area contributed by atoms with Crippen molar-refractivity contribution in [1.29, 1.82) is 0 Å². The van der Waals surface area contributed by atoms with Crippen molar-refractivity contribution in [2.45, 2.75) is 63.3 Å². The molecule has 26 heavy (non-hydrogen) atoms. The van der Waals surface area contributed by atoms with Crippen molar-refractivity contribution in [1.82, 2.24) is 15.1 Å². The predicted octanol–water partition coefficient (Wildman–Crippen LogP) is 0.903. The van der Waals surface area contributed by atoms with E-state index in [0.717, 1.165) is 32.3 Å². The van der Waals surface area contributed by atoms with Gasteiger partial charge in [0.05, 0.1) is 25.8 Å². The Labute approximate surface area is 154 Å². The summed E-state index contributed by atoms with van der Waals surface area (Å²) in [6.07, 6.45) is 3.49.